The molecule has 0 saturated carbocycles. The Hall–Kier alpha value is -4.32. The summed E-state index contributed by atoms with van der Waals surface area (Å²) in [5.41, 5.74) is 0.226. The van der Waals surface area contributed by atoms with Crippen LogP contribution < -0.4 is 10.9 Å². The molecule has 0 aliphatic heterocycles. The third-order valence-corrected chi connectivity index (χ3v) is 4.49. The van der Waals surface area contributed by atoms with Gasteiger partial charge in [-0.3, -0.25) is 14.3 Å². The molecule has 2 heterocycles. The molecule has 0 atom stereocenters. The van der Waals surface area contributed by atoms with Crippen LogP contribution in [0.4, 0.5) is 14.5 Å². The van der Waals surface area contributed by atoms with Gasteiger partial charge in [-0.1, -0.05) is 6.07 Å². The van der Waals surface area contributed by atoms with Crippen molar-refractivity contribution in [1.29, 1.82) is 5.26 Å². The first-order chi connectivity index (χ1) is 14.4. The van der Waals surface area contributed by atoms with Gasteiger partial charge in [0.15, 0.2) is 0 Å². The Morgan fingerprint density at radius 2 is 1.97 bits per heavy atom. The van der Waals surface area contributed by atoms with Gasteiger partial charge in [0.2, 0.25) is 0 Å². The number of hydrogen-bond donors (Lipinski definition) is 2. The highest BCUT2D eigenvalue weighted by Gasteiger charge is 2.21. The number of aromatic amines is 1. The second-order valence-electron chi connectivity index (χ2n) is 6.59. The van der Waals surface area contributed by atoms with Crippen LogP contribution in [0.2, 0.25) is 0 Å². The van der Waals surface area contributed by atoms with E-state index in [9.17, 15) is 18.4 Å². The van der Waals surface area contributed by atoms with E-state index >= 15 is 0 Å². The topological polar surface area (TPSA) is 104 Å². The predicted octanol–water partition coefficient (Wildman–Crippen LogP) is 3.33. The first-order valence-corrected chi connectivity index (χ1v) is 8.72. The fraction of sp³-hybridized carbons (Fsp3) is 0.0476. The maximum Gasteiger partial charge on any atom is 0.258 e. The van der Waals surface area contributed by atoms with Gasteiger partial charge in [-0.05, 0) is 30.3 Å². The molecule has 0 aliphatic rings. The largest absolute Gasteiger partial charge is 0.322 e. The van der Waals surface area contributed by atoms with Gasteiger partial charge in [-0.2, -0.15) is 10.4 Å². The number of carbonyl (C=O) groups is 1. The molecule has 1 amide bonds. The van der Waals surface area contributed by atoms with E-state index in [2.05, 4.69) is 15.4 Å². The van der Waals surface area contributed by atoms with Crippen molar-refractivity contribution in [2.24, 2.45) is 7.05 Å². The number of amides is 1. The number of rotatable bonds is 3. The number of hydrogen-bond acceptors (Lipinski definition) is 4. The van der Waals surface area contributed by atoms with E-state index in [1.807, 2.05) is 6.07 Å². The Bertz CT molecular complexity index is 1420. The minimum Gasteiger partial charge on any atom is -0.322 e. The summed E-state index contributed by atoms with van der Waals surface area (Å²) in [5.74, 6) is -1.99. The minimum absolute atomic E-state index is 0.00949. The average molecular weight is 405 g/mol. The summed E-state index contributed by atoms with van der Waals surface area (Å²) in [6.45, 7) is 0. The van der Waals surface area contributed by atoms with Crippen molar-refractivity contribution < 1.29 is 13.6 Å². The van der Waals surface area contributed by atoms with Crippen LogP contribution in [0, 0.1) is 23.0 Å². The number of aryl methyl sites for hydroxylation is 1. The summed E-state index contributed by atoms with van der Waals surface area (Å²) < 4.78 is 29.0. The van der Waals surface area contributed by atoms with Crippen LogP contribution in [0.3, 0.4) is 0 Å². The lowest BCUT2D eigenvalue weighted by molar-refractivity contribution is 0.102. The lowest BCUT2D eigenvalue weighted by Gasteiger charge is -2.13. The number of fused-ring (bicyclic) bond motifs is 1. The predicted molar refractivity (Wildman–Crippen MR) is 106 cm³/mol. The Balaban J connectivity index is 1.93. The zero-order valence-electron chi connectivity index (χ0n) is 15.5. The SMILES string of the molecule is Cn1cc(-c2[nH]c(=O)c3cc(F)ccc3c2C(=O)Nc2cc(F)cc(C#N)c2)cn1. The third-order valence-electron chi connectivity index (χ3n) is 4.49. The number of H-pyrrole nitrogens is 1. The molecule has 0 bridgehead atoms. The third kappa shape index (κ3) is 3.42. The molecule has 9 heteroatoms. The lowest BCUT2D eigenvalue weighted by atomic mass is 10.00. The van der Waals surface area contributed by atoms with E-state index in [0.29, 0.717) is 5.56 Å². The second-order valence-corrected chi connectivity index (χ2v) is 6.59. The molecule has 7 nitrogen and oxygen atoms in total. The number of nitriles is 1. The van der Waals surface area contributed by atoms with E-state index in [0.717, 1.165) is 24.3 Å². The number of benzene rings is 2. The fourth-order valence-electron chi connectivity index (χ4n) is 3.22. The maximum absolute atomic E-state index is 13.8. The molecule has 2 aromatic carbocycles. The van der Waals surface area contributed by atoms with Crippen LogP contribution in [-0.2, 0) is 7.05 Å². The van der Waals surface area contributed by atoms with Crippen molar-refractivity contribution in [2.45, 2.75) is 0 Å². The van der Waals surface area contributed by atoms with E-state index in [1.165, 1.54) is 23.0 Å². The molecule has 0 radical (unpaired) electrons. The molecule has 4 aromatic rings. The van der Waals surface area contributed by atoms with Gasteiger partial charge in [-0.15, -0.1) is 0 Å². The monoisotopic (exact) mass is 405 g/mol. The molecule has 0 aliphatic carbocycles. The van der Waals surface area contributed by atoms with Crippen LogP contribution in [0.5, 0.6) is 0 Å². The van der Waals surface area contributed by atoms with Crippen LogP contribution in [0.1, 0.15) is 15.9 Å². The van der Waals surface area contributed by atoms with E-state index in [-0.39, 0.29) is 33.3 Å². The highest BCUT2D eigenvalue weighted by atomic mass is 19.1. The van der Waals surface area contributed by atoms with Crippen molar-refractivity contribution >= 4 is 22.4 Å². The smallest absolute Gasteiger partial charge is 0.258 e. The standard InChI is InChI=1S/C21H13F2N5O2/c1-28-10-12(9-25-28)19-18(16-3-2-13(22)7-17(16)20(29)27-19)21(30)26-15-5-11(8-24)4-14(23)6-15/h2-7,9-10H,1H3,(H,26,30)(H,27,29). The maximum atomic E-state index is 13.8. The quantitative estimate of drug-likeness (QED) is 0.546. The van der Waals surface area contributed by atoms with Crippen molar-refractivity contribution in [3.63, 3.8) is 0 Å². The normalized spacial score (nSPS) is 10.7. The van der Waals surface area contributed by atoms with E-state index < -0.39 is 23.1 Å². The van der Waals surface area contributed by atoms with Crippen molar-refractivity contribution in [2.75, 3.05) is 5.32 Å². The van der Waals surface area contributed by atoms with Gasteiger partial charge in [-0.25, -0.2) is 8.78 Å². The second kappa shape index (κ2) is 7.25. The van der Waals surface area contributed by atoms with Crippen LogP contribution in [0.15, 0.2) is 53.6 Å². The van der Waals surface area contributed by atoms with E-state index in [4.69, 9.17) is 5.26 Å². The molecule has 0 saturated heterocycles. The Morgan fingerprint density at radius 3 is 2.67 bits per heavy atom. The summed E-state index contributed by atoms with van der Waals surface area (Å²) in [6.07, 6.45) is 3.07. The molecule has 30 heavy (non-hydrogen) atoms. The molecular weight excluding hydrogens is 392 g/mol. The van der Waals surface area contributed by atoms with Gasteiger partial charge < -0.3 is 10.3 Å². The van der Waals surface area contributed by atoms with Crippen LogP contribution >= 0.6 is 0 Å². The number of nitrogens with zero attached hydrogens (tertiary/aromatic N) is 3. The fourth-order valence-corrected chi connectivity index (χ4v) is 3.22. The Kier molecular flexibility index (Phi) is 4.60. The summed E-state index contributed by atoms with van der Waals surface area (Å²) in [6, 6.07) is 8.74. The van der Waals surface area contributed by atoms with Crippen LogP contribution in [0.25, 0.3) is 22.0 Å². The van der Waals surface area contributed by atoms with Gasteiger partial charge in [0.1, 0.15) is 11.6 Å². The molecule has 2 N–H and O–H groups in total. The lowest BCUT2D eigenvalue weighted by Crippen LogP contribution is -2.19. The summed E-state index contributed by atoms with van der Waals surface area (Å²) >= 11 is 0. The molecule has 0 unspecified atom stereocenters. The van der Waals surface area contributed by atoms with Gasteiger partial charge in [0.05, 0.1) is 34.5 Å². The highest BCUT2D eigenvalue weighted by molar-refractivity contribution is 6.16. The van der Waals surface area contributed by atoms with Gasteiger partial charge >= 0.3 is 0 Å². The number of nitrogens with one attached hydrogen (secondary N) is 2. The summed E-state index contributed by atoms with van der Waals surface area (Å²) in [4.78, 5) is 28.3. The first kappa shape index (κ1) is 19.0. The van der Waals surface area contributed by atoms with Gasteiger partial charge in [0.25, 0.3) is 11.5 Å². The number of aromatic nitrogens is 3. The number of anilines is 1. The minimum atomic E-state index is -0.690. The summed E-state index contributed by atoms with van der Waals surface area (Å²) in [7, 11) is 1.67. The number of pyridine rings is 1. The molecule has 0 spiro atoms. The van der Waals surface area contributed by atoms with Crippen molar-refractivity contribution in [1.82, 2.24) is 14.8 Å². The number of carbonyl (C=O) groups excluding carboxylic acids is 1. The zero-order chi connectivity index (χ0) is 21.4. The highest BCUT2D eigenvalue weighted by Crippen LogP contribution is 2.28. The average Bonchev–Trinajstić information content (AvgIpc) is 3.13. The first-order valence-electron chi connectivity index (χ1n) is 8.72. The van der Waals surface area contributed by atoms with Crippen molar-refractivity contribution in [3.8, 4) is 17.3 Å². The molecule has 2 aromatic heterocycles. The number of halogens is 2. The Morgan fingerprint density at radius 1 is 1.17 bits per heavy atom. The Labute approximate surface area is 168 Å². The molecular formula is C21H13F2N5O2. The molecule has 148 valence electrons. The van der Waals surface area contributed by atoms with Gasteiger partial charge in [0, 0.05) is 29.9 Å². The zero-order valence-corrected chi connectivity index (χ0v) is 15.5. The van der Waals surface area contributed by atoms with E-state index in [1.54, 1.807) is 13.2 Å². The molecule has 4 rings (SSSR count). The summed E-state index contributed by atoms with van der Waals surface area (Å²) in [5, 5.41) is 15.8. The van der Waals surface area contributed by atoms with Crippen molar-refractivity contribution in [3.05, 3.63) is 81.9 Å². The van der Waals surface area contributed by atoms with Crippen LogP contribution in [-0.4, -0.2) is 20.7 Å². The molecule has 0 fully saturated rings.